The van der Waals surface area contributed by atoms with Crippen molar-refractivity contribution in [2.45, 2.75) is 18.9 Å². The standard InChI is InChI=1S/C18H15ClN4O2/c19-11-4-6-12(7-5-11)21-18(25)16-22-15(17(24)20-13-8-9-13)14-3-1-2-10-23(14)16/h1-7,10,13H,8-9H2,(H,20,24)(H,21,25). The molecule has 1 fully saturated rings. The Morgan fingerprint density at radius 2 is 1.84 bits per heavy atom. The summed E-state index contributed by atoms with van der Waals surface area (Å²) >= 11 is 5.85. The van der Waals surface area contributed by atoms with Gasteiger partial charge in [-0.15, -0.1) is 0 Å². The van der Waals surface area contributed by atoms with Crippen molar-refractivity contribution < 1.29 is 9.59 Å². The lowest BCUT2D eigenvalue weighted by Gasteiger charge is -2.04. The van der Waals surface area contributed by atoms with Gasteiger partial charge in [0.25, 0.3) is 11.8 Å². The maximum Gasteiger partial charge on any atom is 0.292 e. The fourth-order valence-corrected chi connectivity index (χ4v) is 2.69. The molecule has 1 saturated carbocycles. The summed E-state index contributed by atoms with van der Waals surface area (Å²) in [6.45, 7) is 0. The second kappa shape index (κ2) is 6.22. The Bertz CT molecular complexity index is 961. The molecule has 1 aliphatic rings. The number of nitrogens with one attached hydrogen (secondary N) is 2. The van der Waals surface area contributed by atoms with Crippen LogP contribution in [0.15, 0.2) is 48.7 Å². The third-order valence-electron chi connectivity index (χ3n) is 3.98. The van der Waals surface area contributed by atoms with Crippen molar-refractivity contribution in [2.24, 2.45) is 0 Å². The molecule has 0 atom stereocenters. The minimum absolute atomic E-state index is 0.159. The number of carbonyl (C=O) groups excluding carboxylic acids is 2. The summed E-state index contributed by atoms with van der Waals surface area (Å²) in [5.41, 5.74) is 1.46. The number of imidazole rings is 1. The number of hydrogen-bond donors (Lipinski definition) is 2. The highest BCUT2D eigenvalue weighted by atomic mass is 35.5. The molecule has 25 heavy (non-hydrogen) atoms. The average molecular weight is 355 g/mol. The molecule has 1 aromatic carbocycles. The number of anilines is 1. The second-order valence-electron chi connectivity index (χ2n) is 5.95. The maximum absolute atomic E-state index is 12.6. The lowest BCUT2D eigenvalue weighted by Crippen LogP contribution is -2.26. The minimum atomic E-state index is -0.394. The van der Waals surface area contributed by atoms with E-state index >= 15 is 0 Å². The van der Waals surface area contributed by atoms with Gasteiger partial charge in [0.2, 0.25) is 5.82 Å². The van der Waals surface area contributed by atoms with Crippen molar-refractivity contribution in [2.75, 3.05) is 5.32 Å². The SMILES string of the molecule is O=C(NC1CC1)c1nc(C(=O)Nc2ccc(Cl)cc2)n2ccccc12. The van der Waals surface area contributed by atoms with Crippen LogP contribution in [0.25, 0.3) is 5.52 Å². The van der Waals surface area contributed by atoms with E-state index in [0.717, 1.165) is 12.8 Å². The van der Waals surface area contributed by atoms with Crippen molar-refractivity contribution >= 4 is 34.6 Å². The molecule has 4 rings (SSSR count). The zero-order chi connectivity index (χ0) is 17.4. The Morgan fingerprint density at radius 1 is 1.08 bits per heavy atom. The highest BCUT2D eigenvalue weighted by Gasteiger charge is 2.27. The highest BCUT2D eigenvalue weighted by molar-refractivity contribution is 6.30. The molecule has 0 unspecified atom stereocenters. The molecule has 3 aromatic rings. The lowest BCUT2D eigenvalue weighted by atomic mass is 10.3. The highest BCUT2D eigenvalue weighted by Crippen LogP contribution is 2.21. The van der Waals surface area contributed by atoms with Crippen molar-refractivity contribution in [3.05, 3.63) is 65.2 Å². The number of aromatic nitrogens is 2. The molecular weight excluding hydrogens is 340 g/mol. The third kappa shape index (κ3) is 3.21. The molecule has 2 aromatic heterocycles. The van der Waals surface area contributed by atoms with E-state index in [4.69, 9.17) is 11.6 Å². The van der Waals surface area contributed by atoms with Crippen LogP contribution >= 0.6 is 11.6 Å². The normalized spacial score (nSPS) is 13.6. The first kappa shape index (κ1) is 15.7. The molecule has 2 amide bonds. The quantitative estimate of drug-likeness (QED) is 0.755. The molecule has 0 bridgehead atoms. The van der Waals surface area contributed by atoms with Crippen LogP contribution in [0.1, 0.15) is 33.9 Å². The van der Waals surface area contributed by atoms with Crippen LogP contribution in [0.2, 0.25) is 5.02 Å². The Labute approximate surface area is 148 Å². The third-order valence-corrected chi connectivity index (χ3v) is 4.23. The van der Waals surface area contributed by atoms with Gasteiger partial charge in [0.05, 0.1) is 5.52 Å². The summed E-state index contributed by atoms with van der Waals surface area (Å²) in [4.78, 5) is 29.3. The van der Waals surface area contributed by atoms with E-state index in [1.54, 1.807) is 47.0 Å². The molecular formula is C18H15ClN4O2. The fourth-order valence-electron chi connectivity index (χ4n) is 2.57. The monoisotopic (exact) mass is 354 g/mol. The molecule has 1 aliphatic carbocycles. The summed E-state index contributed by atoms with van der Waals surface area (Å²) in [5, 5.41) is 6.27. The largest absolute Gasteiger partial charge is 0.348 e. The number of nitrogens with zero attached hydrogens (tertiary/aromatic N) is 2. The number of fused-ring (bicyclic) bond motifs is 1. The van der Waals surface area contributed by atoms with Crippen molar-refractivity contribution in [3.8, 4) is 0 Å². The van der Waals surface area contributed by atoms with Gasteiger partial charge in [0.15, 0.2) is 5.69 Å². The van der Waals surface area contributed by atoms with Gasteiger partial charge in [0.1, 0.15) is 0 Å². The van der Waals surface area contributed by atoms with Gasteiger partial charge in [-0.25, -0.2) is 4.98 Å². The molecule has 126 valence electrons. The summed E-state index contributed by atoms with van der Waals surface area (Å²) in [5.74, 6) is -0.489. The summed E-state index contributed by atoms with van der Waals surface area (Å²) in [7, 11) is 0. The van der Waals surface area contributed by atoms with Crippen LogP contribution in [0.4, 0.5) is 5.69 Å². The first-order valence-corrected chi connectivity index (χ1v) is 8.34. The van der Waals surface area contributed by atoms with Crippen LogP contribution in [-0.4, -0.2) is 27.2 Å². The predicted molar refractivity (Wildman–Crippen MR) is 95.1 cm³/mol. The number of amides is 2. The zero-order valence-electron chi connectivity index (χ0n) is 13.2. The second-order valence-corrected chi connectivity index (χ2v) is 6.39. The summed E-state index contributed by atoms with van der Waals surface area (Å²) in [6, 6.07) is 12.4. The van der Waals surface area contributed by atoms with Crippen LogP contribution in [0.3, 0.4) is 0 Å². The van der Waals surface area contributed by atoms with Crippen LogP contribution in [0, 0.1) is 0 Å². The lowest BCUT2D eigenvalue weighted by molar-refractivity contribution is 0.0948. The molecule has 0 spiro atoms. The fraction of sp³-hybridized carbons (Fsp3) is 0.167. The Hall–Kier alpha value is -2.86. The number of benzene rings is 1. The van der Waals surface area contributed by atoms with Crippen molar-refractivity contribution in [1.82, 2.24) is 14.7 Å². The smallest absolute Gasteiger partial charge is 0.292 e. The van der Waals surface area contributed by atoms with E-state index < -0.39 is 5.91 Å². The zero-order valence-corrected chi connectivity index (χ0v) is 14.0. The molecule has 7 heteroatoms. The Kier molecular flexibility index (Phi) is 3.89. The summed E-state index contributed by atoms with van der Waals surface area (Å²) in [6.07, 6.45) is 3.69. The van der Waals surface area contributed by atoms with Crippen LogP contribution < -0.4 is 10.6 Å². The van der Waals surface area contributed by atoms with Gasteiger partial charge < -0.3 is 10.6 Å². The van der Waals surface area contributed by atoms with Crippen LogP contribution in [-0.2, 0) is 0 Å². The average Bonchev–Trinajstić information content (AvgIpc) is 3.33. The van der Waals surface area contributed by atoms with Crippen LogP contribution in [0.5, 0.6) is 0 Å². The van der Waals surface area contributed by atoms with Crippen molar-refractivity contribution in [3.63, 3.8) is 0 Å². The predicted octanol–water partition coefficient (Wildman–Crippen LogP) is 3.13. The summed E-state index contributed by atoms with van der Waals surface area (Å²) < 4.78 is 1.62. The Balaban J connectivity index is 1.67. The minimum Gasteiger partial charge on any atom is -0.348 e. The van der Waals surface area contributed by atoms with Gasteiger partial charge in [-0.1, -0.05) is 17.7 Å². The molecule has 6 nitrogen and oxygen atoms in total. The van der Waals surface area contributed by atoms with Gasteiger partial charge in [-0.05, 0) is 49.2 Å². The first-order chi connectivity index (χ1) is 12.1. The van der Waals surface area contributed by atoms with Gasteiger partial charge in [-0.3, -0.25) is 14.0 Å². The molecule has 0 radical (unpaired) electrons. The van der Waals surface area contributed by atoms with E-state index in [9.17, 15) is 9.59 Å². The van der Waals surface area contributed by atoms with Gasteiger partial charge in [0, 0.05) is 22.9 Å². The van der Waals surface area contributed by atoms with E-state index in [2.05, 4.69) is 15.6 Å². The van der Waals surface area contributed by atoms with E-state index in [-0.39, 0.29) is 23.5 Å². The number of pyridine rings is 1. The van der Waals surface area contributed by atoms with E-state index in [1.807, 2.05) is 6.07 Å². The molecule has 2 N–H and O–H groups in total. The van der Waals surface area contributed by atoms with E-state index in [1.165, 1.54) is 0 Å². The van der Waals surface area contributed by atoms with Crippen molar-refractivity contribution in [1.29, 1.82) is 0 Å². The van der Waals surface area contributed by atoms with Gasteiger partial charge in [-0.2, -0.15) is 0 Å². The number of rotatable bonds is 4. The van der Waals surface area contributed by atoms with E-state index in [0.29, 0.717) is 16.2 Å². The topological polar surface area (TPSA) is 75.5 Å². The number of hydrogen-bond acceptors (Lipinski definition) is 3. The molecule has 2 heterocycles. The maximum atomic E-state index is 12.6. The molecule has 0 saturated heterocycles. The number of carbonyl (C=O) groups is 2. The Morgan fingerprint density at radius 3 is 2.56 bits per heavy atom. The first-order valence-electron chi connectivity index (χ1n) is 7.97. The number of halogens is 1. The molecule has 0 aliphatic heterocycles. The van der Waals surface area contributed by atoms with Gasteiger partial charge >= 0.3 is 0 Å².